The van der Waals surface area contributed by atoms with Crippen molar-refractivity contribution in [1.82, 2.24) is 0 Å². The van der Waals surface area contributed by atoms with Crippen molar-refractivity contribution in [3.8, 4) is 5.75 Å². The molecule has 1 aromatic carbocycles. The van der Waals surface area contributed by atoms with Gasteiger partial charge >= 0.3 is 11.9 Å². The van der Waals surface area contributed by atoms with Crippen molar-refractivity contribution in [1.29, 1.82) is 0 Å². The van der Waals surface area contributed by atoms with Crippen LogP contribution in [-0.2, 0) is 11.2 Å². The summed E-state index contributed by atoms with van der Waals surface area (Å²) < 4.78 is 0. The molecule has 0 amide bonds. The number of hydrogen-bond donors (Lipinski definition) is 3. The molecule has 5 heteroatoms. The minimum absolute atomic E-state index is 0.106. The first-order valence-corrected chi connectivity index (χ1v) is 9.71. The van der Waals surface area contributed by atoms with Gasteiger partial charge in [-0.3, -0.25) is 4.79 Å². The van der Waals surface area contributed by atoms with Gasteiger partial charge in [-0.25, -0.2) is 4.79 Å². The van der Waals surface area contributed by atoms with Gasteiger partial charge in [0.05, 0.1) is 11.5 Å². The Morgan fingerprint density at radius 1 is 1.04 bits per heavy atom. The Bertz CT molecular complexity index is 745. The van der Waals surface area contributed by atoms with Crippen molar-refractivity contribution in [2.45, 2.75) is 59.8 Å². The van der Waals surface area contributed by atoms with E-state index in [0.717, 1.165) is 25.7 Å². The van der Waals surface area contributed by atoms with E-state index in [9.17, 15) is 14.7 Å². The normalized spacial score (nSPS) is 14.6. The lowest BCUT2D eigenvalue weighted by Crippen LogP contribution is -2.18. The largest absolute Gasteiger partial charge is 0.508 e. The first-order valence-electron chi connectivity index (χ1n) is 9.71. The maximum Gasteiger partial charge on any atom is 0.335 e. The molecule has 3 N–H and O–H groups in total. The molecule has 0 saturated carbocycles. The van der Waals surface area contributed by atoms with Crippen molar-refractivity contribution in [3.05, 3.63) is 52.6 Å². The lowest BCUT2D eigenvalue weighted by Gasteiger charge is -2.15. The molecule has 154 valence electrons. The third-order valence-corrected chi connectivity index (χ3v) is 5.27. The van der Waals surface area contributed by atoms with E-state index in [4.69, 9.17) is 10.2 Å². The molecule has 0 unspecified atom stereocenters. The summed E-state index contributed by atoms with van der Waals surface area (Å²) in [5.41, 5.74) is 3.22. The first kappa shape index (κ1) is 23.5. The number of carbonyl (C=O) groups is 2. The van der Waals surface area contributed by atoms with Gasteiger partial charge in [-0.2, -0.15) is 0 Å². The third kappa shape index (κ3) is 7.99. The highest BCUT2D eigenvalue weighted by Gasteiger charge is 2.18. The maximum atomic E-state index is 11.0. The highest BCUT2D eigenvalue weighted by molar-refractivity contribution is 5.88. The quantitative estimate of drug-likeness (QED) is 0.439. The van der Waals surface area contributed by atoms with Gasteiger partial charge in [-0.05, 0) is 75.6 Å². The van der Waals surface area contributed by atoms with Gasteiger partial charge in [0, 0.05) is 0 Å². The van der Waals surface area contributed by atoms with E-state index < -0.39 is 11.9 Å². The van der Waals surface area contributed by atoms with Crippen molar-refractivity contribution in [3.63, 3.8) is 0 Å². The summed E-state index contributed by atoms with van der Waals surface area (Å²) in [6.07, 6.45) is 8.25. The average molecular weight is 389 g/mol. The van der Waals surface area contributed by atoms with Crippen LogP contribution < -0.4 is 0 Å². The lowest BCUT2D eigenvalue weighted by atomic mass is 9.90. The van der Waals surface area contributed by atoms with E-state index in [-0.39, 0.29) is 23.1 Å². The molecule has 0 bridgehead atoms. The molecule has 0 aliphatic heterocycles. The topological polar surface area (TPSA) is 94.8 Å². The molecule has 2 atom stereocenters. The summed E-state index contributed by atoms with van der Waals surface area (Å²) >= 11 is 0. The summed E-state index contributed by atoms with van der Waals surface area (Å²) in [5.74, 6) is -1.82. The fourth-order valence-corrected chi connectivity index (χ4v) is 2.87. The van der Waals surface area contributed by atoms with E-state index in [2.05, 4.69) is 13.0 Å². The molecule has 1 aromatic rings. The second-order valence-electron chi connectivity index (χ2n) is 7.64. The lowest BCUT2D eigenvalue weighted by molar-refractivity contribution is -0.142. The van der Waals surface area contributed by atoms with E-state index in [1.165, 1.54) is 29.3 Å². The van der Waals surface area contributed by atoms with Gasteiger partial charge in [0.15, 0.2) is 0 Å². The molecule has 0 fully saturated rings. The molecule has 0 heterocycles. The molecule has 1 rings (SSSR count). The number of benzene rings is 1. The number of carboxylic acid groups (broad SMARTS) is 2. The van der Waals surface area contributed by atoms with E-state index >= 15 is 0 Å². The van der Waals surface area contributed by atoms with Crippen LogP contribution in [0.15, 0.2) is 41.5 Å². The number of rotatable bonds is 11. The zero-order valence-corrected chi connectivity index (χ0v) is 17.2. The summed E-state index contributed by atoms with van der Waals surface area (Å²) in [5, 5.41) is 28.0. The number of aromatic hydroxyl groups is 1. The Kier molecular flexibility index (Phi) is 9.49. The number of carboxylic acids is 2. The van der Waals surface area contributed by atoms with Gasteiger partial charge in [0.1, 0.15) is 5.75 Å². The minimum atomic E-state index is -1.00. The van der Waals surface area contributed by atoms with Crippen LogP contribution in [0.4, 0.5) is 0 Å². The van der Waals surface area contributed by atoms with Gasteiger partial charge in [0.25, 0.3) is 0 Å². The zero-order valence-electron chi connectivity index (χ0n) is 17.2. The highest BCUT2D eigenvalue weighted by Crippen LogP contribution is 2.22. The van der Waals surface area contributed by atoms with E-state index in [1.807, 2.05) is 19.9 Å². The van der Waals surface area contributed by atoms with Crippen LogP contribution in [-0.4, -0.2) is 27.3 Å². The fraction of sp³-hybridized carbons (Fsp3) is 0.478. The number of phenolic OH excluding ortho intramolecular Hbond substituents is 1. The Balaban J connectivity index is 2.50. The summed E-state index contributed by atoms with van der Waals surface area (Å²) in [4.78, 5) is 22.0. The van der Waals surface area contributed by atoms with Crippen LogP contribution in [0.5, 0.6) is 5.75 Å². The van der Waals surface area contributed by atoms with Crippen molar-refractivity contribution in [2.24, 2.45) is 11.8 Å². The number of aromatic carboxylic acids is 1. The monoisotopic (exact) mass is 388 g/mol. The third-order valence-electron chi connectivity index (χ3n) is 5.27. The summed E-state index contributed by atoms with van der Waals surface area (Å²) in [6.45, 7) is 7.84. The first-order chi connectivity index (χ1) is 13.1. The summed E-state index contributed by atoms with van der Waals surface area (Å²) in [7, 11) is 0. The van der Waals surface area contributed by atoms with Gasteiger partial charge in [-0.15, -0.1) is 0 Å². The Morgan fingerprint density at radius 3 is 2.29 bits per heavy atom. The highest BCUT2D eigenvalue weighted by atomic mass is 16.4. The molecule has 0 aliphatic rings. The Morgan fingerprint density at radius 2 is 1.68 bits per heavy atom. The molecule has 5 nitrogen and oxygen atoms in total. The summed E-state index contributed by atoms with van der Waals surface area (Å²) in [6, 6.07) is 4.31. The van der Waals surface area contributed by atoms with Crippen LogP contribution >= 0.6 is 0 Å². The van der Waals surface area contributed by atoms with Gasteiger partial charge < -0.3 is 15.3 Å². The van der Waals surface area contributed by atoms with Crippen LogP contribution in [0.1, 0.15) is 69.3 Å². The van der Waals surface area contributed by atoms with Crippen LogP contribution in [0.25, 0.3) is 0 Å². The second kappa shape index (κ2) is 11.3. The Labute approximate surface area is 167 Å². The van der Waals surface area contributed by atoms with Crippen molar-refractivity contribution in [2.75, 3.05) is 0 Å². The van der Waals surface area contributed by atoms with E-state index in [0.29, 0.717) is 12.0 Å². The Hall–Kier alpha value is -2.56. The predicted octanol–water partition coefficient (Wildman–Crippen LogP) is 5.44. The number of allylic oxidation sites excluding steroid dienone is 4. The molecular formula is C23H32O5. The van der Waals surface area contributed by atoms with Crippen LogP contribution in [0.3, 0.4) is 0 Å². The second-order valence-corrected chi connectivity index (χ2v) is 7.64. The van der Waals surface area contributed by atoms with Gasteiger partial charge in [-0.1, -0.05) is 37.1 Å². The SMILES string of the molecule is CC(=CCc1cc(C(=O)O)ccc1O)CCC=C(C)CC[C@@H](C)[C@@H](C)C(=O)O. The molecule has 0 saturated heterocycles. The number of phenols is 1. The van der Waals surface area contributed by atoms with E-state index in [1.54, 1.807) is 6.92 Å². The van der Waals surface area contributed by atoms with Crippen LogP contribution in [0, 0.1) is 11.8 Å². The van der Waals surface area contributed by atoms with Crippen molar-refractivity contribution < 1.29 is 24.9 Å². The smallest absolute Gasteiger partial charge is 0.335 e. The maximum absolute atomic E-state index is 11.0. The predicted molar refractivity (Wildman–Crippen MR) is 111 cm³/mol. The van der Waals surface area contributed by atoms with Crippen LogP contribution in [0.2, 0.25) is 0 Å². The molecule has 28 heavy (non-hydrogen) atoms. The molecule has 0 aliphatic carbocycles. The zero-order chi connectivity index (χ0) is 21.3. The molecule has 0 spiro atoms. The molecular weight excluding hydrogens is 356 g/mol. The number of hydrogen-bond acceptors (Lipinski definition) is 3. The average Bonchev–Trinajstić information content (AvgIpc) is 2.64. The standard InChI is InChI=1S/C23H32O5/c1-15(8-10-17(3)18(4)22(25)26)6-5-7-16(2)9-11-19-14-20(23(27)28)12-13-21(19)24/h6,9,12-14,17-18,24H,5,7-8,10-11H2,1-4H3,(H,25,26)(H,27,28)/t17-,18-/m1/s1. The van der Waals surface area contributed by atoms with Crippen molar-refractivity contribution >= 4 is 11.9 Å². The molecule has 0 aromatic heterocycles. The minimum Gasteiger partial charge on any atom is -0.508 e. The fourth-order valence-electron chi connectivity index (χ4n) is 2.87. The number of aliphatic carboxylic acids is 1. The molecule has 0 radical (unpaired) electrons. The van der Waals surface area contributed by atoms with Gasteiger partial charge in [0.2, 0.25) is 0 Å².